The molecule has 2 fully saturated rings. The van der Waals surface area contributed by atoms with Crippen molar-refractivity contribution < 1.29 is 14.4 Å². The first-order valence-corrected chi connectivity index (χ1v) is 14.8. The van der Waals surface area contributed by atoms with Crippen molar-refractivity contribution in [3.63, 3.8) is 0 Å². The maximum Gasteiger partial charge on any atom is 0.332 e. The number of urea groups is 1. The van der Waals surface area contributed by atoms with E-state index in [-0.39, 0.29) is 37.0 Å². The largest absolute Gasteiger partial charge is 0.375 e. The highest BCUT2D eigenvalue weighted by Gasteiger charge is 2.53. The normalized spacial score (nSPS) is 19.0. The van der Waals surface area contributed by atoms with Crippen LogP contribution >= 0.6 is 11.3 Å². The minimum Gasteiger partial charge on any atom is -0.375 e. The molecule has 10 nitrogen and oxygen atoms in total. The minimum absolute atomic E-state index is 0.00966. The Bertz CT molecular complexity index is 1610. The second-order valence-corrected chi connectivity index (χ2v) is 11.9. The van der Waals surface area contributed by atoms with Gasteiger partial charge in [-0.05, 0) is 36.6 Å². The highest BCUT2D eigenvalue weighted by atomic mass is 32.1. The Morgan fingerprint density at radius 2 is 1.76 bits per heavy atom. The Hall–Kier alpha value is -4.48. The average Bonchev–Trinajstić information content (AvgIpc) is 3.52. The van der Waals surface area contributed by atoms with Gasteiger partial charge in [0.1, 0.15) is 12.2 Å². The van der Waals surface area contributed by atoms with Crippen LogP contribution < -0.4 is 11.1 Å². The number of carbonyl (C=O) groups is 3. The molecular weight excluding hydrogens is 550 g/mol. The summed E-state index contributed by atoms with van der Waals surface area (Å²) in [7, 11) is 0. The molecule has 42 heavy (non-hydrogen) atoms. The van der Waals surface area contributed by atoms with E-state index in [2.05, 4.69) is 10.3 Å². The Balaban J connectivity index is 1.34. The summed E-state index contributed by atoms with van der Waals surface area (Å²) < 4.78 is 0.953. The van der Waals surface area contributed by atoms with Gasteiger partial charge in [0.2, 0.25) is 5.91 Å². The molecule has 216 valence electrons. The lowest BCUT2D eigenvalue weighted by atomic mass is 10.00. The number of nitrogens with two attached hydrogens (primary N) is 1. The number of amides is 4. The van der Waals surface area contributed by atoms with Gasteiger partial charge in [0.05, 0.1) is 23.3 Å². The molecule has 3 heterocycles. The predicted molar refractivity (Wildman–Crippen MR) is 162 cm³/mol. The Morgan fingerprint density at radius 1 is 1.05 bits per heavy atom. The maximum atomic E-state index is 14.1. The van der Waals surface area contributed by atoms with E-state index < -0.39 is 12.2 Å². The summed E-state index contributed by atoms with van der Waals surface area (Å²) in [6.45, 7) is 4.73. The number of aromatic nitrogens is 1. The number of piperazine rings is 1. The number of nitrogens with one attached hydrogen (secondary N) is 1. The summed E-state index contributed by atoms with van der Waals surface area (Å²) in [5, 5.41) is 6.90. The van der Waals surface area contributed by atoms with E-state index in [1.165, 1.54) is 11.3 Å². The number of nitrogen functional groups attached to an aromatic ring is 1. The molecule has 0 unspecified atom stereocenters. The SMILES string of the molecule is CC(C)N(C(=O)NCc1ccccc1)N1CC(=O)N2[C@@H](c3ccccc3)C(=O)N(Cc3cccc4sc(N)nc34)C[C@@H]21. The summed E-state index contributed by atoms with van der Waals surface area (Å²) in [6.07, 6.45) is -0.537. The number of hydrazine groups is 1. The van der Waals surface area contributed by atoms with Crippen LogP contribution in [0.1, 0.15) is 36.6 Å². The molecule has 0 radical (unpaired) electrons. The zero-order valence-electron chi connectivity index (χ0n) is 23.5. The fraction of sp³-hybridized carbons (Fsp3) is 0.290. The lowest BCUT2D eigenvalue weighted by Gasteiger charge is -2.47. The third-order valence-corrected chi connectivity index (χ3v) is 8.56. The highest BCUT2D eigenvalue weighted by Crippen LogP contribution is 2.37. The van der Waals surface area contributed by atoms with E-state index in [0.717, 1.165) is 26.9 Å². The number of para-hydroxylation sites is 1. The van der Waals surface area contributed by atoms with Gasteiger partial charge < -0.3 is 20.9 Å². The molecule has 0 bridgehead atoms. The van der Waals surface area contributed by atoms with E-state index >= 15 is 0 Å². The van der Waals surface area contributed by atoms with Crippen LogP contribution in [0.5, 0.6) is 0 Å². The van der Waals surface area contributed by atoms with Gasteiger partial charge in [0, 0.05) is 19.1 Å². The van der Waals surface area contributed by atoms with Crippen LogP contribution in [0.3, 0.4) is 0 Å². The van der Waals surface area contributed by atoms with Gasteiger partial charge in [-0.15, -0.1) is 0 Å². The average molecular weight is 584 g/mol. The fourth-order valence-electron chi connectivity index (χ4n) is 5.87. The number of nitrogens with zero attached hydrogens (tertiary/aromatic N) is 5. The van der Waals surface area contributed by atoms with Crippen LogP contribution in [0.4, 0.5) is 9.93 Å². The van der Waals surface area contributed by atoms with E-state index in [4.69, 9.17) is 5.73 Å². The molecule has 2 aliphatic rings. The summed E-state index contributed by atoms with van der Waals surface area (Å²) in [5.41, 5.74) is 9.37. The van der Waals surface area contributed by atoms with Crippen LogP contribution in [-0.4, -0.2) is 67.9 Å². The molecular formula is C31H33N7O3S. The molecule has 11 heteroatoms. The highest BCUT2D eigenvalue weighted by molar-refractivity contribution is 7.22. The molecule has 3 aromatic carbocycles. The number of rotatable bonds is 7. The number of benzene rings is 3. The lowest BCUT2D eigenvalue weighted by Crippen LogP contribution is -2.63. The third kappa shape index (κ3) is 5.17. The lowest BCUT2D eigenvalue weighted by molar-refractivity contribution is -0.159. The molecule has 2 saturated heterocycles. The zero-order chi connectivity index (χ0) is 29.4. The molecule has 0 spiro atoms. The van der Waals surface area contributed by atoms with Gasteiger partial charge in [-0.1, -0.05) is 84.1 Å². The van der Waals surface area contributed by atoms with Gasteiger partial charge in [-0.25, -0.2) is 9.78 Å². The number of hydrogen-bond donors (Lipinski definition) is 2. The van der Waals surface area contributed by atoms with E-state index in [1.807, 2.05) is 97.7 Å². The number of fused-ring (bicyclic) bond motifs is 2. The summed E-state index contributed by atoms with van der Waals surface area (Å²) >= 11 is 1.41. The molecule has 0 aliphatic carbocycles. The molecule has 1 aromatic heterocycles. The van der Waals surface area contributed by atoms with E-state index in [1.54, 1.807) is 14.8 Å². The Labute approximate surface area is 248 Å². The van der Waals surface area contributed by atoms with Crippen molar-refractivity contribution in [1.29, 1.82) is 0 Å². The van der Waals surface area contributed by atoms with Crippen molar-refractivity contribution in [2.45, 2.75) is 45.2 Å². The van der Waals surface area contributed by atoms with Crippen molar-refractivity contribution >= 4 is 44.5 Å². The van der Waals surface area contributed by atoms with Crippen LogP contribution in [0.15, 0.2) is 78.9 Å². The van der Waals surface area contributed by atoms with E-state index in [0.29, 0.717) is 18.2 Å². The van der Waals surface area contributed by atoms with Crippen LogP contribution in [0.25, 0.3) is 10.2 Å². The quantitative estimate of drug-likeness (QED) is 0.340. The Morgan fingerprint density at radius 3 is 2.48 bits per heavy atom. The predicted octanol–water partition coefficient (Wildman–Crippen LogP) is 3.97. The van der Waals surface area contributed by atoms with Gasteiger partial charge in [-0.2, -0.15) is 5.01 Å². The minimum atomic E-state index is -0.816. The summed E-state index contributed by atoms with van der Waals surface area (Å²) in [4.78, 5) is 49.3. The molecule has 0 saturated carbocycles. The third-order valence-electron chi connectivity index (χ3n) is 7.71. The second kappa shape index (κ2) is 11.4. The number of anilines is 1. The smallest absolute Gasteiger partial charge is 0.332 e. The standard InChI is InChI=1S/C31H33N7O3S/c1-20(2)38(31(41)33-16-21-10-5-3-6-11-21)36-19-26(39)37-25(36)18-35(29(40)28(37)22-12-7-4-8-13-22)17-23-14-9-15-24-27(23)34-30(32)42-24/h3-15,20,25,28H,16-19H2,1-2H3,(H2,32,34)(H,33,41)/t25-,28+/m1/s1. The van der Waals surface area contributed by atoms with Gasteiger partial charge >= 0.3 is 6.03 Å². The topological polar surface area (TPSA) is 115 Å². The maximum absolute atomic E-state index is 14.1. The molecule has 4 aromatic rings. The zero-order valence-corrected chi connectivity index (χ0v) is 24.3. The first-order valence-electron chi connectivity index (χ1n) is 14.0. The van der Waals surface area contributed by atoms with Gasteiger partial charge in [0.25, 0.3) is 5.91 Å². The molecule has 2 aliphatic heterocycles. The molecule has 4 amide bonds. The van der Waals surface area contributed by atoms with Crippen LogP contribution in [0, 0.1) is 0 Å². The first-order chi connectivity index (χ1) is 20.3. The van der Waals surface area contributed by atoms with Crippen molar-refractivity contribution in [3.8, 4) is 0 Å². The number of carbonyl (C=O) groups excluding carboxylic acids is 3. The van der Waals surface area contributed by atoms with Crippen LogP contribution in [0.2, 0.25) is 0 Å². The Kier molecular flexibility index (Phi) is 7.53. The van der Waals surface area contributed by atoms with Gasteiger partial charge in [0.15, 0.2) is 5.13 Å². The second-order valence-electron chi connectivity index (χ2n) is 10.8. The van der Waals surface area contributed by atoms with Crippen molar-refractivity contribution in [3.05, 3.63) is 95.6 Å². The van der Waals surface area contributed by atoms with Crippen molar-refractivity contribution in [2.24, 2.45) is 0 Å². The summed E-state index contributed by atoms with van der Waals surface area (Å²) in [5.74, 6) is -0.366. The molecule has 6 rings (SSSR count). The number of thiazole rings is 1. The summed E-state index contributed by atoms with van der Waals surface area (Å²) in [6, 6.07) is 23.5. The van der Waals surface area contributed by atoms with E-state index in [9.17, 15) is 14.4 Å². The number of hydrogen-bond acceptors (Lipinski definition) is 7. The fourth-order valence-corrected chi connectivity index (χ4v) is 6.65. The van der Waals surface area contributed by atoms with Crippen molar-refractivity contribution in [1.82, 2.24) is 30.1 Å². The van der Waals surface area contributed by atoms with Crippen molar-refractivity contribution in [2.75, 3.05) is 18.8 Å². The molecule has 3 N–H and O–H groups in total. The monoisotopic (exact) mass is 583 g/mol. The van der Waals surface area contributed by atoms with Gasteiger partial charge in [-0.3, -0.25) is 14.6 Å². The first kappa shape index (κ1) is 27.7. The van der Waals surface area contributed by atoms with Crippen LogP contribution in [-0.2, 0) is 22.7 Å². The molecule has 2 atom stereocenters.